The van der Waals surface area contributed by atoms with E-state index in [0.29, 0.717) is 12.2 Å². The van der Waals surface area contributed by atoms with Gasteiger partial charge in [0.1, 0.15) is 25.6 Å². The average Bonchev–Trinajstić information content (AvgIpc) is 3.49. The van der Waals surface area contributed by atoms with Gasteiger partial charge in [-0.25, -0.2) is 9.78 Å². The first-order valence-corrected chi connectivity index (χ1v) is 15.6. The number of aromatic nitrogens is 2. The summed E-state index contributed by atoms with van der Waals surface area (Å²) in [4.78, 5) is 22.2. The lowest BCUT2D eigenvalue weighted by atomic mass is 9.76. The lowest BCUT2D eigenvalue weighted by Crippen LogP contribution is -2.27. The maximum atomic E-state index is 13.3. The molecule has 4 aromatic rings. The monoisotopic (exact) mass is 602 g/mol. The number of hydrogen-bond acceptors (Lipinski definition) is 9. The zero-order valence-corrected chi connectivity index (χ0v) is 24.8. The van der Waals surface area contributed by atoms with Gasteiger partial charge in [0.05, 0.1) is 4.90 Å². The summed E-state index contributed by atoms with van der Waals surface area (Å²) in [5, 5.41) is 11.0. The molecule has 0 spiro atoms. The van der Waals surface area contributed by atoms with Gasteiger partial charge in [-0.15, -0.1) is 0 Å². The third-order valence-corrected chi connectivity index (χ3v) is 8.95. The Balaban J connectivity index is 1.35. The zero-order valence-electron chi connectivity index (χ0n) is 23.9. The summed E-state index contributed by atoms with van der Waals surface area (Å²) in [7, 11) is -4.03. The topological polar surface area (TPSA) is 125 Å². The van der Waals surface area contributed by atoms with Gasteiger partial charge in [0.2, 0.25) is 5.75 Å². The maximum absolute atomic E-state index is 13.3. The fraction of sp³-hybridized carbons (Fsp3) is 0.303. The Hall–Kier alpha value is -4.28. The molecule has 0 radical (unpaired) electrons. The predicted molar refractivity (Wildman–Crippen MR) is 159 cm³/mol. The molecule has 0 saturated heterocycles. The number of esters is 1. The molecule has 3 aromatic carbocycles. The number of rotatable bonds is 12. The van der Waals surface area contributed by atoms with Crippen LogP contribution in [0.2, 0.25) is 0 Å². The molecule has 10 heteroatoms. The van der Waals surface area contributed by atoms with Crippen LogP contribution in [0.3, 0.4) is 0 Å². The third-order valence-electron chi connectivity index (χ3n) is 7.62. The number of carbonyl (C=O) groups excluding carboxylic acids is 1. The van der Waals surface area contributed by atoms with Crippen LogP contribution in [-0.2, 0) is 37.5 Å². The average molecular weight is 603 g/mol. The summed E-state index contributed by atoms with van der Waals surface area (Å²) in [5.41, 5.74) is 2.43. The standard InChI is InChI=1S/C33H34N2O7S/c1-24-14-16-27(17-15-24)43(38,39)42-21-20-40-32(37)29-30(41-23-25-10-4-2-5-11-25)31(36)35-28(34-29)22-33(18-8-9-19-33)26-12-6-3-7-13-26/h2-7,10-17H,8-9,18-23H2,1H3,(H,34,35,36). The molecule has 1 aliphatic rings. The Morgan fingerprint density at radius 1 is 0.884 bits per heavy atom. The molecule has 0 atom stereocenters. The maximum Gasteiger partial charge on any atom is 0.361 e. The smallest absolute Gasteiger partial charge is 0.361 e. The van der Waals surface area contributed by atoms with E-state index in [2.05, 4.69) is 22.1 Å². The van der Waals surface area contributed by atoms with Gasteiger partial charge in [-0.1, -0.05) is 91.2 Å². The SMILES string of the molecule is Cc1ccc(S(=O)(=O)OCCOC(=O)c2nc(CC3(c4ccccc4)CCCC3)nc(O)c2OCc2ccccc2)cc1. The first-order valence-electron chi connectivity index (χ1n) is 14.2. The molecule has 9 nitrogen and oxygen atoms in total. The van der Waals surface area contributed by atoms with E-state index in [1.807, 2.05) is 55.5 Å². The van der Waals surface area contributed by atoms with Gasteiger partial charge in [-0.2, -0.15) is 13.4 Å². The van der Waals surface area contributed by atoms with Gasteiger partial charge in [-0.3, -0.25) is 4.18 Å². The number of benzene rings is 3. The van der Waals surface area contributed by atoms with Crippen LogP contribution in [0.15, 0.2) is 89.8 Å². The highest BCUT2D eigenvalue weighted by atomic mass is 32.2. The summed E-state index contributed by atoms with van der Waals surface area (Å²) >= 11 is 0. The molecule has 43 heavy (non-hydrogen) atoms. The Bertz CT molecular complexity index is 1640. The van der Waals surface area contributed by atoms with E-state index in [-0.39, 0.29) is 35.0 Å². The summed E-state index contributed by atoms with van der Waals surface area (Å²) in [6.45, 7) is 1.14. The van der Waals surface area contributed by atoms with Crippen molar-refractivity contribution < 1.29 is 32.0 Å². The molecule has 1 heterocycles. The normalized spacial score (nSPS) is 14.3. The molecule has 0 bridgehead atoms. The minimum Gasteiger partial charge on any atom is -0.491 e. The molecule has 1 N–H and O–H groups in total. The van der Waals surface area contributed by atoms with Gasteiger partial charge in [-0.05, 0) is 43.0 Å². The van der Waals surface area contributed by atoms with Crippen LogP contribution in [0, 0.1) is 6.92 Å². The van der Waals surface area contributed by atoms with Gasteiger partial charge in [0.15, 0.2) is 5.69 Å². The van der Waals surface area contributed by atoms with Crippen molar-refractivity contribution in [1.29, 1.82) is 0 Å². The number of hydrogen-bond donors (Lipinski definition) is 1. The molecule has 1 fully saturated rings. The van der Waals surface area contributed by atoms with Gasteiger partial charge >= 0.3 is 5.97 Å². The Kier molecular flexibility index (Phi) is 9.37. The van der Waals surface area contributed by atoms with E-state index >= 15 is 0 Å². The fourth-order valence-corrected chi connectivity index (χ4v) is 6.29. The van der Waals surface area contributed by atoms with Crippen LogP contribution < -0.4 is 4.74 Å². The van der Waals surface area contributed by atoms with E-state index in [0.717, 1.165) is 42.4 Å². The minimum atomic E-state index is -4.03. The van der Waals surface area contributed by atoms with Gasteiger partial charge in [0, 0.05) is 11.8 Å². The summed E-state index contributed by atoms with van der Waals surface area (Å²) in [5.74, 6) is -1.27. The first-order chi connectivity index (χ1) is 20.8. The predicted octanol–water partition coefficient (Wildman–Crippen LogP) is 5.69. The third kappa shape index (κ3) is 7.39. The molecule has 5 rings (SSSR count). The highest BCUT2D eigenvalue weighted by molar-refractivity contribution is 7.86. The second kappa shape index (κ2) is 13.4. The van der Waals surface area contributed by atoms with Crippen molar-refractivity contribution in [3.05, 3.63) is 113 Å². The highest BCUT2D eigenvalue weighted by Gasteiger charge is 2.37. The van der Waals surface area contributed by atoms with Crippen LogP contribution >= 0.6 is 0 Å². The number of ether oxygens (including phenoxy) is 2. The van der Waals surface area contributed by atoms with Crippen molar-refractivity contribution >= 4 is 16.1 Å². The Labute approximate surface area is 251 Å². The van der Waals surface area contributed by atoms with Gasteiger partial charge < -0.3 is 14.6 Å². The minimum absolute atomic E-state index is 0.00523. The molecule has 1 saturated carbocycles. The van der Waals surface area contributed by atoms with E-state index in [1.54, 1.807) is 12.1 Å². The summed E-state index contributed by atoms with van der Waals surface area (Å²) in [6, 6.07) is 25.6. The van der Waals surface area contributed by atoms with E-state index < -0.39 is 28.6 Å². The van der Waals surface area contributed by atoms with Crippen LogP contribution in [0.5, 0.6) is 11.6 Å². The van der Waals surface area contributed by atoms with Crippen LogP contribution in [0.25, 0.3) is 0 Å². The second-order valence-electron chi connectivity index (χ2n) is 10.7. The van der Waals surface area contributed by atoms with Crippen LogP contribution in [0.1, 0.15) is 58.7 Å². The molecule has 0 aliphatic heterocycles. The molecular formula is C33H34N2O7S. The molecule has 0 unspecified atom stereocenters. The Morgan fingerprint density at radius 3 is 2.21 bits per heavy atom. The largest absolute Gasteiger partial charge is 0.491 e. The number of aromatic hydroxyl groups is 1. The highest BCUT2D eigenvalue weighted by Crippen LogP contribution is 2.43. The summed E-state index contributed by atoms with van der Waals surface area (Å²) < 4.78 is 41.2. The number of aryl methyl sites for hydroxylation is 1. The first kappa shape index (κ1) is 30.2. The molecule has 224 valence electrons. The van der Waals surface area contributed by atoms with Crippen molar-refractivity contribution in [2.45, 2.75) is 55.9 Å². The zero-order chi connectivity index (χ0) is 30.3. The van der Waals surface area contributed by atoms with Crippen LogP contribution in [0.4, 0.5) is 0 Å². The van der Waals surface area contributed by atoms with Crippen molar-refractivity contribution in [1.82, 2.24) is 9.97 Å². The van der Waals surface area contributed by atoms with E-state index in [1.165, 1.54) is 12.1 Å². The van der Waals surface area contributed by atoms with E-state index in [4.69, 9.17) is 13.7 Å². The van der Waals surface area contributed by atoms with Crippen molar-refractivity contribution in [3.63, 3.8) is 0 Å². The second-order valence-corrected chi connectivity index (χ2v) is 12.3. The number of nitrogens with zero attached hydrogens (tertiary/aromatic N) is 2. The summed E-state index contributed by atoms with van der Waals surface area (Å²) in [6.07, 6.45) is 4.39. The lowest BCUT2D eigenvalue weighted by molar-refractivity contribution is 0.0438. The molecule has 0 amide bonds. The van der Waals surface area contributed by atoms with Gasteiger partial charge in [0.25, 0.3) is 16.0 Å². The lowest BCUT2D eigenvalue weighted by Gasteiger charge is -2.29. The van der Waals surface area contributed by atoms with Crippen LogP contribution in [-0.4, -0.2) is 42.7 Å². The quantitative estimate of drug-likeness (QED) is 0.124. The van der Waals surface area contributed by atoms with Crippen molar-refractivity contribution in [2.75, 3.05) is 13.2 Å². The van der Waals surface area contributed by atoms with E-state index in [9.17, 15) is 18.3 Å². The molecule has 1 aromatic heterocycles. The van der Waals surface area contributed by atoms with Crippen molar-refractivity contribution in [3.8, 4) is 11.6 Å². The van der Waals surface area contributed by atoms with Crippen molar-refractivity contribution in [2.24, 2.45) is 0 Å². The molecular weight excluding hydrogens is 568 g/mol. The molecule has 1 aliphatic carbocycles. The number of carbonyl (C=O) groups is 1. The fourth-order valence-electron chi connectivity index (χ4n) is 5.40. The Morgan fingerprint density at radius 2 is 1.53 bits per heavy atom.